The number of allylic oxidation sites excluding steroid dienone is 3. The number of hydrogen-bond acceptors (Lipinski definition) is 2. The molecule has 0 aromatic carbocycles. The van der Waals surface area contributed by atoms with Crippen molar-refractivity contribution in [3.63, 3.8) is 0 Å². The van der Waals surface area contributed by atoms with E-state index in [4.69, 9.17) is 0 Å². The molecule has 0 spiro atoms. The van der Waals surface area contributed by atoms with Crippen LogP contribution in [0.3, 0.4) is 0 Å². The summed E-state index contributed by atoms with van der Waals surface area (Å²) in [6.45, 7) is 5.51. The number of nitrogens with zero attached hydrogens (tertiary/aromatic N) is 1. The van der Waals surface area contributed by atoms with Crippen molar-refractivity contribution in [1.82, 2.24) is 10.2 Å². The highest BCUT2D eigenvalue weighted by Crippen LogP contribution is 2.44. The van der Waals surface area contributed by atoms with Gasteiger partial charge in [-0.1, -0.05) is 12.2 Å². The molecule has 78 valence electrons. The minimum Gasteiger partial charge on any atom is -0.371 e. The van der Waals surface area contributed by atoms with Gasteiger partial charge in [-0.15, -0.1) is 0 Å². The summed E-state index contributed by atoms with van der Waals surface area (Å²) in [5.74, 6) is 1.74. The van der Waals surface area contributed by atoms with Crippen LogP contribution in [-0.2, 0) is 0 Å². The number of nitrogens with one attached hydrogen (secondary N) is 1. The summed E-state index contributed by atoms with van der Waals surface area (Å²) in [5, 5.41) is 3.20. The topological polar surface area (TPSA) is 15.3 Å². The zero-order valence-electron chi connectivity index (χ0n) is 9.16. The zero-order valence-corrected chi connectivity index (χ0v) is 9.16. The Labute approximate surface area is 86.7 Å². The van der Waals surface area contributed by atoms with Gasteiger partial charge in [0.15, 0.2) is 0 Å². The SMILES string of the molecule is CCN(CCNC)C1=CC2CC2C=C1. The highest BCUT2D eigenvalue weighted by Gasteiger charge is 2.35. The number of rotatable bonds is 5. The quantitative estimate of drug-likeness (QED) is 0.712. The Morgan fingerprint density at radius 1 is 1.50 bits per heavy atom. The van der Waals surface area contributed by atoms with Crippen LogP contribution >= 0.6 is 0 Å². The number of likely N-dealkylation sites (N-methyl/N-ethyl adjacent to an activating group) is 2. The van der Waals surface area contributed by atoms with Crippen molar-refractivity contribution in [2.75, 3.05) is 26.7 Å². The van der Waals surface area contributed by atoms with Crippen molar-refractivity contribution >= 4 is 0 Å². The molecule has 1 saturated carbocycles. The van der Waals surface area contributed by atoms with Gasteiger partial charge in [-0.3, -0.25) is 0 Å². The smallest absolute Gasteiger partial charge is 0.0325 e. The van der Waals surface area contributed by atoms with Gasteiger partial charge in [-0.05, 0) is 38.3 Å². The van der Waals surface area contributed by atoms with Crippen LogP contribution in [0.25, 0.3) is 0 Å². The summed E-state index contributed by atoms with van der Waals surface area (Å²) in [6, 6.07) is 0. The third kappa shape index (κ3) is 2.01. The van der Waals surface area contributed by atoms with E-state index >= 15 is 0 Å². The van der Waals surface area contributed by atoms with Gasteiger partial charge in [0.2, 0.25) is 0 Å². The van der Waals surface area contributed by atoms with Gasteiger partial charge in [0, 0.05) is 25.3 Å². The molecule has 2 atom stereocenters. The predicted octanol–water partition coefficient (Wildman–Crippen LogP) is 1.62. The largest absolute Gasteiger partial charge is 0.371 e. The van der Waals surface area contributed by atoms with Crippen molar-refractivity contribution in [2.24, 2.45) is 11.8 Å². The van der Waals surface area contributed by atoms with E-state index < -0.39 is 0 Å². The third-order valence-corrected chi connectivity index (χ3v) is 3.17. The minimum absolute atomic E-state index is 0.860. The maximum atomic E-state index is 3.20. The van der Waals surface area contributed by atoms with Crippen molar-refractivity contribution in [2.45, 2.75) is 13.3 Å². The molecule has 0 bridgehead atoms. The van der Waals surface area contributed by atoms with Crippen molar-refractivity contribution in [1.29, 1.82) is 0 Å². The maximum Gasteiger partial charge on any atom is 0.0325 e. The molecule has 0 heterocycles. The van der Waals surface area contributed by atoms with Crippen LogP contribution in [0.4, 0.5) is 0 Å². The van der Waals surface area contributed by atoms with Crippen LogP contribution in [0.15, 0.2) is 23.9 Å². The van der Waals surface area contributed by atoms with Crippen LogP contribution in [0, 0.1) is 11.8 Å². The summed E-state index contributed by atoms with van der Waals surface area (Å²) >= 11 is 0. The van der Waals surface area contributed by atoms with Gasteiger partial charge in [-0.2, -0.15) is 0 Å². The third-order valence-electron chi connectivity index (χ3n) is 3.17. The predicted molar refractivity (Wildman–Crippen MR) is 60.0 cm³/mol. The summed E-state index contributed by atoms with van der Waals surface area (Å²) in [6.07, 6.45) is 8.50. The Bertz CT molecular complexity index is 255. The fourth-order valence-corrected chi connectivity index (χ4v) is 2.07. The lowest BCUT2D eigenvalue weighted by molar-refractivity contribution is 0.370. The molecule has 2 unspecified atom stereocenters. The fourth-order valence-electron chi connectivity index (χ4n) is 2.07. The van der Waals surface area contributed by atoms with Crippen LogP contribution in [-0.4, -0.2) is 31.6 Å². The summed E-state index contributed by atoms with van der Waals surface area (Å²) in [4.78, 5) is 2.45. The van der Waals surface area contributed by atoms with Crippen LogP contribution in [0.2, 0.25) is 0 Å². The van der Waals surface area contributed by atoms with E-state index in [-0.39, 0.29) is 0 Å². The van der Waals surface area contributed by atoms with E-state index in [1.54, 1.807) is 0 Å². The van der Waals surface area contributed by atoms with Gasteiger partial charge in [0.1, 0.15) is 0 Å². The Balaban J connectivity index is 1.93. The normalized spacial score (nSPS) is 28.3. The zero-order chi connectivity index (χ0) is 9.97. The summed E-state index contributed by atoms with van der Waals surface area (Å²) in [5.41, 5.74) is 1.43. The van der Waals surface area contributed by atoms with Crippen molar-refractivity contribution in [3.05, 3.63) is 23.9 Å². The monoisotopic (exact) mass is 192 g/mol. The molecule has 0 saturated heterocycles. The molecule has 0 amide bonds. The standard InChI is InChI=1S/C12H20N2/c1-3-14(7-6-13-2)12-5-4-10-8-11(10)9-12/h4-5,9-11,13H,3,6-8H2,1-2H3. The first-order chi connectivity index (χ1) is 6.85. The van der Waals surface area contributed by atoms with Gasteiger partial charge in [0.05, 0.1) is 0 Å². The minimum atomic E-state index is 0.860. The molecule has 2 nitrogen and oxygen atoms in total. The first-order valence-corrected chi connectivity index (χ1v) is 5.64. The molecule has 2 aliphatic rings. The summed E-state index contributed by atoms with van der Waals surface area (Å²) in [7, 11) is 2.01. The Morgan fingerprint density at radius 2 is 2.36 bits per heavy atom. The lowest BCUT2D eigenvalue weighted by atomic mass is 10.1. The highest BCUT2D eigenvalue weighted by molar-refractivity contribution is 5.29. The van der Waals surface area contributed by atoms with E-state index in [0.717, 1.165) is 31.5 Å². The lowest BCUT2D eigenvalue weighted by Crippen LogP contribution is -2.30. The van der Waals surface area contributed by atoms with Crippen LogP contribution < -0.4 is 5.32 Å². The first kappa shape index (κ1) is 9.78. The molecule has 0 aromatic heterocycles. The molecule has 2 aliphatic carbocycles. The number of hydrogen-bond donors (Lipinski definition) is 1. The van der Waals surface area contributed by atoms with E-state index in [9.17, 15) is 0 Å². The molecular formula is C12H20N2. The van der Waals surface area contributed by atoms with E-state index in [2.05, 4.69) is 35.4 Å². The second kappa shape index (κ2) is 4.18. The lowest BCUT2D eigenvalue weighted by Gasteiger charge is -2.25. The Morgan fingerprint density at radius 3 is 3.00 bits per heavy atom. The molecule has 1 fully saturated rings. The molecule has 2 rings (SSSR count). The molecule has 0 radical (unpaired) electrons. The maximum absolute atomic E-state index is 3.20. The van der Waals surface area contributed by atoms with Crippen LogP contribution in [0.1, 0.15) is 13.3 Å². The second-order valence-electron chi connectivity index (χ2n) is 4.20. The van der Waals surface area contributed by atoms with Gasteiger partial charge in [0.25, 0.3) is 0 Å². The van der Waals surface area contributed by atoms with Crippen LogP contribution in [0.5, 0.6) is 0 Å². The van der Waals surface area contributed by atoms with E-state index in [1.165, 1.54) is 12.1 Å². The Kier molecular flexibility index (Phi) is 2.92. The molecule has 14 heavy (non-hydrogen) atoms. The number of fused-ring (bicyclic) bond motifs is 1. The first-order valence-electron chi connectivity index (χ1n) is 5.64. The van der Waals surface area contributed by atoms with Crippen molar-refractivity contribution in [3.8, 4) is 0 Å². The molecule has 1 N–H and O–H groups in total. The van der Waals surface area contributed by atoms with E-state index in [0.29, 0.717) is 0 Å². The fraction of sp³-hybridized carbons (Fsp3) is 0.667. The summed E-state index contributed by atoms with van der Waals surface area (Å²) < 4.78 is 0. The molecular weight excluding hydrogens is 172 g/mol. The average Bonchev–Trinajstić information content (AvgIpc) is 2.97. The van der Waals surface area contributed by atoms with Gasteiger partial charge < -0.3 is 10.2 Å². The molecule has 2 heteroatoms. The molecule has 0 aliphatic heterocycles. The van der Waals surface area contributed by atoms with Gasteiger partial charge in [-0.25, -0.2) is 0 Å². The van der Waals surface area contributed by atoms with Gasteiger partial charge >= 0.3 is 0 Å². The second-order valence-corrected chi connectivity index (χ2v) is 4.20. The average molecular weight is 192 g/mol. The Hall–Kier alpha value is -0.760. The highest BCUT2D eigenvalue weighted by atomic mass is 15.1. The van der Waals surface area contributed by atoms with Crippen molar-refractivity contribution < 1.29 is 0 Å². The molecule has 0 aromatic rings. The van der Waals surface area contributed by atoms with E-state index in [1.807, 2.05) is 7.05 Å².